The third-order valence-electron chi connectivity index (χ3n) is 3.86. The third-order valence-corrected chi connectivity index (χ3v) is 3.86. The third kappa shape index (κ3) is 2.28. The molecule has 19 heavy (non-hydrogen) atoms. The number of hydrogen-bond acceptors (Lipinski definition) is 5. The van der Waals surface area contributed by atoms with Gasteiger partial charge in [-0.15, -0.1) is 0 Å². The van der Waals surface area contributed by atoms with E-state index in [1.807, 2.05) is 30.3 Å². The fraction of sp³-hybridized carbons (Fsp3) is 0.571. The van der Waals surface area contributed by atoms with Gasteiger partial charge in [-0.3, -0.25) is 4.84 Å². The number of nitrogens with zero attached hydrogens (tertiary/aromatic N) is 1. The molecule has 2 saturated heterocycles. The van der Waals surface area contributed by atoms with Gasteiger partial charge in [0.2, 0.25) is 0 Å². The second-order valence-electron chi connectivity index (χ2n) is 4.98. The summed E-state index contributed by atoms with van der Waals surface area (Å²) in [5, 5.41) is 11.9. The molecule has 0 radical (unpaired) electrons. The van der Waals surface area contributed by atoms with Crippen LogP contribution < -0.4 is 0 Å². The molecule has 0 aromatic heterocycles. The number of aliphatic hydroxyl groups is 1. The van der Waals surface area contributed by atoms with Crippen molar-refractivity contribution in [2.24, 2.45) is 0 Å². The van der Waals surface area contributed by atoms with Crippen molar-refractivity contribution in [3.63, 3.8) is 0 Å². The van der Waals surface area contributed by atoms with Crippen LogP contribution in [0.15, 0.2) is 30.3 Å². The first kappa shape index (κ1) is 13.0. The maximum Gasteiger partial charge on any atom is 0.190 e. The largest absolute Gasteiger partial charge is 0.389 e. The van der Waals surface area contributed by atoms with Gasteiger partial charge in [0.25, 0.3) is 0 Å². The molecule has 1 aromatic rings. The van der Waals surface area contributed by atoms with Crippen LogP contribution in [-0.2, 0) is 20.9 Å². The van der Waals surface area contributed by atoms with E-state index in [1.54, 1.807) is 12.2 Å². The van der Waals surface area contributed by atoms with Crippen molar-refractivity contribution >= 4 is 0 Å². The Morgan fingerprint density at radius 2 is 2.21 bits per heavy atom. The Labute approximate surface area is 112 Å². The average Bonchev–Trinajstić information content (AvgIpc) is 2.79. The van der Waals surface area contributed by atoms with Gasteiger partial charge in [-0.2, -0.15) is 5.06 Å². The van der Waals surface area contributed by atoms with Crippen molar-refractivity contribution in [2.45, 2.75) is 30.9 Å². The van der Waals surface area contributed by atoms with Crippen molar-refractivity contribution in [3.05, 3.63) is 35.9 Å². The quantitative estimate of drug-likeness (QED) is 0.881. The van der Waals surface area contributed by atoms with E-state index in [9.17, 15) is 5.11 Å². The highest BCUT2D eigenvalue weighted by molar-refractivity contribution is 5.15. The molecule has 1 aromatic carbocycles. The zero-order chi connectivity index (χ0) is 13.3. The summed E-state index contributed by atoms with van der Waals surface area (Å²) in [5.74, 6) is -0.744. The first-order chi connectivity index (χ1) is 9.25. The lowest BCUT2D eigenvalue weighted by molar-refractivity contribution is -0.330. The molecule has 2 heterocycles. The molecule has 5 heteroatoms. The summed E-state index contributed by atoms with van der Waals surface area (Å²) < 4.78 is 11.2. The van der Waals surface area contributed by atoms with Crippen molar-refractivity contribution < 1.29 is 19.4 Å². The smallest absolute Gasteiger partial charge is 0.190 e. The van der Waals surface area contributed by atoms with E-state index in [0.29, 0.717) is 19.6 Å². The van der Waals surface area contributed by atoms with Crippen LogP contribution in [0, 0.1) is 0 Å². The van der Waals surface area contributed by atoms with Crippen molar-refractivity contribution in [1.82, 2.24) is 5.06 Å². The van der Waals surface area contributed by atoms with Gasteiger partial charge in [0.05, 0.1) is 13.2 Å². The highest BCUT2D eigenvalue weighted by atomic mass is 16.7. The molecule has 2 aliphatic heterocycles. The number of hydrogen-bond donors (Lipinski definition) is 1. The van der Waals surface area contributed by atoms with Gasteiger partial charge in [-0.25, -0.2) is 0 Å². The number of ether oxygens (including phenoxy) is 2. The SMILES string of the molecule is CO[C@]12CCON(Cc3ccccc3)[C@H]1[C@H](O)CO2. The molecule has 0 spiro atoms. The molecular weight excluding hydrogens is 246 g/mol. The van der Waals surface area contributed by atoms with Crippen molar-refractivity contribution in [2.75, 3.05) is 20.3 Å². The molecule has 0 bridgehead atoms. The summed E-state index contributed by atoms with van der Waals surface area (Å²) in [4.78, 5) is 5.71. The molecule has 104 valence electrons. The minimum absolute atomic E-state index is 0.285. The molecule has 3 atom stereocenters. The Morgan fingerprint density at radius 1 is 1.42 bits per heavy atom. The first-order valence-electron chi connectivity index (χ1n) is 6.56. The predicted molar refractivity (Wildman–Crippen MR) is 68.0 cm³/mol. The van der Waals surface area contributed by atoms with Crippen LogP contribution in [0.5, 0.6) is 0 Å². The predicted octanol–water partition coefficient (Wildman–Crippen LogP) is 0.926. The second-order valence-corrected chi connectivity index (χ2v) is 4.98. The lowest BCUT2D eigenvalue weighted by atomic mass is 9.99. The van der Waals surface area contributed by atoms with Gasteiger partial charge in [0, 0.05) is 20.1 Å². The number of aliphatic hydroxyl groups excluding tert-OH is 1. The topological polar surface area (TPSA) is 51.2 Å². The van der Waals surface area contributed by atoms with E-state index in [0.717, 1.165) is 5.56 Å². The van der Waals surface area contributed by atoms with Crippen molar-refractivity contribution in [3.8, 4) is 0 Å². The summed E-state index contributed by atoms with van der Waals surface area (Å²) in [6, 6.07) is 9.75. The summed E-state index contributed by atoms with van der Waals surface area (Å²) in [6.45, 7) is 1.42. The van der Waals surface area contributed by atoms with Crippen molar-refractivity contribution in [1.29, 1.82) is 0 Å². The Hall–Kier alpha value is -0.980. The van der Waals surface area contributed by atoms with E-state index >= 15 is 0 Å². The molecule has 0 unspecified atom stereocenters. The van der Waals surface area contributed by atoms with Crippen LogP contribution in [0.4, 0.5) is 0 Å². The Balaban J connectivity index is 1.81. The lowest BCUT2D eigenvalue weighted by Crippen LogP contribution is -2.59. The molecule has 0 aliphatic carbocycles. The monoisotopic (exact) mass is 265 g/mol. The Morgan fingerprint density at radius 3 is 2.95 bits per heavy atom. The molecule has 1 N–H and O–H groups in total. The standard InChI is InChI=1S/C14H19NO4/c1-17-14-7-8-19-15(13(14)12(16)10-18-14)9-11-5-3-2-4-6-11/h2-6,12-13,16H,7-10H2,1H3/t12-,13+,14+/m1/s1. The second kappa shape index (κ2) is 5.19. The van der Waals surface area contributed by atoms with Gasteiger partial charge in [0.15, 0.2) is 5.79 Å². The van der Waals surface area contributed by atoms with Crippen LogP contribution in [0.3, 0.4) is 0 Å². The maximum absolute atomic E-state index is 10.1. The lowest BCUT2D eigenvalue weighted by Gasteiger charge is -2.43. The zero-order valence-corrected chi connectivity index (χ0v) is 11.0. The molecule has 0 saturated carbocycles. The van der Waals surface area contributed by atoms with E-state index in [2.05, 4.69) is 0 Å². The fourth-order valence-corrected chi connectivity index (χ4v) is 2.90. The van der Waals surface area contributed by atoms with Crippen LogP contribution >= 0.6 is 0 Å². The van der Waals surface area contributed by atoms with Gasteiger partial charge in [0.1, 0.15) is 12.1 Å². The summed E-state index contributed by atoms with van der Waals surface area (Å²) in [6.07, 6.45) is 0.0419. The first-order valence-corrected chi connectivity index (χ1v) is 6.56. The molecule has 0 amide bonds. The Bertz CT molecular complexity index is 423. The normalized spacial score (nSPS) is 35.3. The average molecular weight is 265 g/mol. The fourth-order valence-electron chi connectivity index (χ4n) is 2.90. The van der Waals surface area contributed by atoms with Gasteiger partial charge < -0.3 is 14.6 Å². The highest BCUT2D eigenvalue weighted by Gasteiger charge is 2.55. The minimum Gasteiger partial charge on any atom is -0.389 e. The summed E-state index contributed by atoms with van der Waals surface area (Å²) in [7, 11) is 1.62. The van der Waals surface area contributed by atoms with E-state index < -0.39 is 11.9 Å². The van der Waals surface area contributed by atoms with Crippen LogP contribution in [-0.4, -0.2) is 48.4 Å². The number of benzene rings is 1. The molecule has 5 nitrogen and oxygen atoms in total. The Kier molecular flexibility index (Phi) is 3.56. The number of fused-ring (bicyclic) bond motifs is 1. The van der Waals surface area contributed by atoms with Gasteiger partial charge in [-0.1, -0.05) is 30.3 Å². The number of hydroxylamine groups is 2. The molecular formula is C14H19NO4. The van der Waals surface area contributed by atoms with Crippen LogP contribution in [0.1, 0.15) is 12.0 Å². The van der Waals surface area contributed by atoms with Gasteiger partial charge >= 0.3 is 0 Å². The molecule has 3 rings (SSSR count). The van der Waals surface area contributed by atoms with E-state index in [1.165, 1.54) is 0 Å². The summed E-state index contributed by atoms with van der Waals surface area (Å²) in [5.41, 5.74) is 1.13. The highest BCUT2D eigenvalue weighted by Crippen LogP contribution is 2.38. The summed E-state index contributed by atoms with van der Waals surface area (Å²) >= 11 is 0. The zero-order valence-electron chi connectivity index (χ0n) is 11.0. The molecule has 2 aliphatic rings. The maximum atomic E-state index is 10.1. The van der Waals surface area contributed by atoms with Crippen LogP contribution in [0.25, 0.3) is 0 Å². The molecule has 2 fully saturated rings. The van der Waals surface area contributed by atoms with E-state index in [-0.39, 0.29) is 12.6 Å². The van der Waals surface area contributed by atoms with Crippen LogP contribution in [0.2, 0.25) is 0 Å². The minimum atomic E-state index is -0.744. The number of methoxy groups -OCH3 is 1. The number of rotatable bonds is 3. The van der Waals surface area contributed by atoms with Gasteiger partial charge in [-0.05, 0) is 5.56 Å². The van der Waals surface area contributed by atoms with E-state index in [4.69, 9.17) is 14.3 Å².